The molecule has 1 aromatic carbocycles. The molecular formula is C31H39NO4. The van der Waals surface area contributed by atoms with Crippen molar-refractivity contribution in [3.05, 3.63) is 41.5 Å². The molecule has 0 radical (unpaired) electrons. The van der Waals surface area contributed by atoms with E-state index in [1.54, 1.807) is 0 Å². The van der Waals surface area contributed by atoms with Crippen molar-refractivity contribution in [3.63, 3.8) is 0 Å². The van der Waals surface area contributed by atoms with Crippen molar-refractivity contribution in [3.8, 4) is 0 Å². The molecule has 1 N–H and O–H groups in total. The number of fused-ring (bicyclic) bond motifs is 1. The van der Waals surface area contributed by atoms with Gasteiger partial charge in [-0.15, -0.1) is 0 Å². The highest BCUT2D eigenvalue weighted by atomic mass is 16.4. The number of rotatable bonds is 3. The van der Waals surface area contributed by atoms with Crippen LogP contribution in [0.1, 0.15) is 71.8 Å². The topological polar surface area (TPSA) is 74.7 Å². The van der Waals surface area contributed by atoms with Gasteiger partial charge in [-0.3, -0.25) is 19.3 Å². The second-order valence-corrected chi connectivity index (χ2v) is 13.3. The first kappa shape index (κ1) is 23.9. The van der Waals surface area contributed by atoms with Crippen LogP contribution in [0.4, 0.5) is 5.69 Å². The van der Waals surface area contributed by atoms with E-state index in [1.165, 1.54) is 10.5 Å². The second-order valence-electron chi connectivity index (χ2n) is 13.3. The lowest BCUT2D eigenvalue weighted by Crippen LogP contribution is -2.65. The molecule has 192 valence electrons. The summed E-state index contributed by atoms with van der Waals surface area (Å²) in [5.74, 6) is -0.679. The van der Waals surface area contributed by atoms with Crippen molar-refractivity contribution in [1.29, 1.82) is 0 Å². The van der Waals surface area contributed by atoms with Gasteiger partial charge in [0.2, 0.25) is 11.8 Å². The zero-order chi connectivity index (χ0) is 25.8. The van der Waals surface area contributed by atoms with Crippen molar-refractivity contribution < 1.29 is 19.5 Å². The first-order valence-electron chi connectivity index (χ1n) is 13.9. The minimum atomic E-state index is -0.723. The Morgan fingerprint density at radius 3 is 2.36 bits per heavy atom. The molecule has 2 amide bonds. The third-order valence-corrected chi connectivity index (χ3v) is 11.5. The molecule has 5 heteroatoms. The van der Waals surface area contributed by atoms with Crippen LogP contribution in [0.25, 0.3) is 0 Å². The highest BCUT2D eigenvalue weighted by molar-refractivity contribution is 6.23. The predicted octanol–water partition coefficient (Wildman–Crippen LogP) is 6.01. The van der Waals surface area contributed by atoms with Gasteiger partial charge in [0.1, 0.15) is 0 Å². The average molecular weight is 490 g/mol. The zero-order valence-electron chi connectivity index (χ0n) is 22.2. The largest absolute Gasteiger partial charge is 0.481 e. The molecule has 6 aliphatic rings. The Kier molecular flexibility index (Phi) is 5.02. The van der Waals surface area contributed by atoms with Gasteiger partial charge in [0, 0.05) is 5.41 Å². The predicted molar refractivity (Wildman–Crippen MR) is 138 cm³/mol. The zero-order valence-corrected chi connectivity index (χ0v) is 22.2. The number of amides is 2. The number of benzene rings is 1. The van der Waals surface area contributed by atoms with Crippen molar-refractivity contribution >= 4 is 23.5 Å². The monoisotopic (exact) mass is 489 g/mol. The molecule has 0 aromatic heterocycles. The maximum atomic E-state index is 14.2. The molecule has 1 aliphatic heterocycles. The Labute approximate surface area is 214 Å². The number of anilines is 1. The number of hydrogen-bond acceptors (Lipinski definition) is 3. The van der Waals surface area contributed by atoms with Gasteiger partial charge in [-0.1, -0.05) is 56.5 Å². The van der Waals surface area contributed by atoms with Crippen LogP contribution in [0.5, 0.6) is 0 Å². The van der Waals surface area contributed by atoms with E-state index in [0.29, 0.717) is 11.6 Å². The molecule has 36 heavy (non-hydrogen) atoms. The second kappa shape index (κ2) is 7.55. The molecule has 1 saturated heterocycles. The van der Waals surface area contributed by atoms with E-state index in [4.69, 9.17) is 0 Å². The van der Waals surface area contributed by atoms with Crippen LogP contribution in [0, 0.1) is 58.7 Å². The van der Waals surface area contributed by atoms with Crippen LogP contribution in [0.3, 0.4) is 0 Å². The Hall–Kier alpha value is -2.43. The van der Waals surface area contributed by atoms with Crippen LogP contribution in [0.15, 0.2) is 35.9 Å². The molecule has 1 aromatic rings. The number of carboxylic acids is 1. The average Bonchev–Trinajstić information content (AvgIpc) is 3.11. The summed E-state index contributed by atoms with van der Waals surface area (Å²) >= 11 is 0. The number of carbonyl (C=O) groups excluding carboxylic acids is 2. The fraction of sp³-hybridized carbons (Fsp3) is 0.645. The molecule has 3 saturated carbocycles. The van der Waals surface area contributed by atoms with Gasteiger partial charge in [-0.2, -0.15) is 0 Å². The maximum absolute atomic E-state index is 14.2. The minimum absolute atomic E-state index is 0.0331. The third kappa shape index (κ3) is 2.80. The van der Waals surface area contributed by atoms with Gasteiger partial charge in [0.05, 0.1) is 22.9 Å². The molecule has 5 aliphatic carbocycles. The number of carboxylic acid groups (broad SMARTS) is 1. The molecule has 2 bridgehead atoms. The van der Waals surface area contributed by atoms with Crippen LogP contribution in [0.2, 0.25) is 0 Å². The van der Waals surface area contributed by atoms with E-state index < -0.39 is 11.4 Å². The number of hydrogen-bond donors (Lipinski definition) is 1. The lowest BCUT2D eigenvalue weighted by Gasteiger charge is -2.68. The van der Waals surface area contributed by atoms with Crippen LogP contribution >= 0.6 is 0 Å². The highest BCUT2D eigenvalue weighted by Crippen LogP contribution is 2.74. The summed E-state index contributed by atoms with van der Waals surface area (Å²) in [5, 5.41) is 10.3. The number of carbonyl (C=O) groups is 3. The highest BCUT2D eigenvalue weighted by Gasteiger charge is 2.73. The van der Waals surface area contributed by atoms with Crippen molar-refractivity contribution in [1.82, 2.24) is 0 Å². The normalized spacial score (nSPS) is 43.2. The van der Waals surface area contributed by atoms with Gasteiger partial charge in [0.15, 0.2) is 0 Å². The van der Waals surface area contributed by atoms with E-state index in [9.17, 15) is 19.5 Å². The molecule has 7 rings (SSSR count). The first-order valence-corrected chi connectivity index (χ1v) is 13.9. The van der Waals surface area contributed by atoms with E-state index in [-0.39, 0.29) is 52.2 Å². The Morgan fingerprint density at radius 2 is 1.72 bits per heavy atom. The van der Waals surface area contributed by atoms with Crippen molar-refractivity contribution in [2.75, 3.05) is 4.90 Å². The van der Waals surface area contributed by atoms with Crippen LogP contribution in [-0.4, -0.2) is 22.9 Å². The summed E-state index contributed by atoms with van der Waals surface area (Å²) in [5.41, 5.74) is 1.89. The van der Waals surface area contributed by atoms with E-state index >= 15 is 0 Å². The summed E-state index contributed by atoms with van der Waals surface area (Å²) in [4.78, 5) is 42.3. The van der Waals surface area contributed by atoms with Crippen LogP contribution in [-0.2, 0) is 14.4 Å². The Balaban J connectivity index is 1.49. The van der Waals surface area contributed by atoms with Gasteiger partial charge in [-0.05, 0) is 87.2 Å². The van der Waals surface area contributed by atoms with E-state index in [2.05, 4.69) is 26.8 Å². The fourth-order valence-electron chi connectivity index (χ4n) is 9.91. The lowest BCUT2D eigenvalue weighted by atomic mass is 9.34. The summed E-state index contributed by atoms with van der Waals surface area (Å²) in [7, 11) is 0. The number of allylic oxidation sites excluding steroid dienone is 2. The molecular weight excluding hydrogens is 450 g/mol. The van der Waals surface area contributed by atoms with E-state index in [1.807, 2.05) is 38.1 Å². The molecule has 4 fully saturated rings. The van der Waals surface area contributed by atoms with Gasteiger partial charge < -0.3 is 5.11 Å². The standard InChI is InChI=1S/C31H39NO4/c1-17(2)21-16-31-14-11-22-29(4,12-6-13-30(22,5)28(35)36)23(31)15-20(21)24-25(31)27(34)32(26(24)33)19-9-7-18(3)8-10-19/h7-10,16-17,20,22-25H,6,11-15H2,1-5H3,(H,35,36)/t20-,22+,23+,24+,25-,29-,30+,31-/m0/s1. The summed E-state index contributed by atoms with van der Waals surface area (Å²) < 4.78 is 0. The Morgan fingerprint density at radius 1 is 1.03 bits per heavy atom. The Bertz CT molecular complexity index is 1180. The fourth-order valence-corrected chi connectivity index (χ4v) is 9.91. The van der Waals surface area contributed by atoms with Crippen molar-refractivity contribution in [2.24, 2.45) is 51.8 Å². The maximum Gasteiger partial charge on any atom is 0.309 e. The minimum Gasteiger partial charge on any atom is -0.481 e. The van der Waals surface area contributed by atoms with Gasteiger partial charge in [0.25, 0.3) is 0 Å². The van der Waals surface area contributed by atoms with E-state index in [0.717, 1.165) is 44.1 Å². The van der Waals surface area contributed by atoms with Gasteiger partial charge >= 0.3 is 5.97 Å². The number of imide groups is 1. The molecule has 8 atom stereocenters. The molecule has 1 spiro atoms. The molecule has 0 unspecified atom stereocenters. The lowest BCUT2D eigenvalue weighted by molar-refractivity contribution is -0.194. The number of aryl methyl sites for hydroxylation is 1. The molecule has 1 heterocycles. The summed E-state index contributed by atoms with van der Waals surface area (Å²) in [6.45, 7) is 10.7. The van der Waals surface area contributed by atoms with Gasteiger partial charge in [-0.25, -0.2) is 0 Å². The number of nitrogens with zero attached hydrogens (tertiary/aromatic N) is 1. The summed E-state index contributed by atoms with van der Waals surface area (Å²) in [6.07, 6.45) is 7.58. The first-order chi connectivity index (χ1) is 17.0. The third-order valence-electron chi connectivity index (χ3n) is 11.5. The SMILES string of the molecule is Cc1ccc(N2C(=O)[C@H]3[C@@H](C2=O)[C@@]24C=C(C(C)C)[C@@H]3C[C@@H]2[C@@]2(C)CCC[C@@](C)(C(=O)O)[C@@H]2CC4)cc1. The van der Waals surface area contributed by atoms with Crippen molar-refractivity contribution in [2.45, 2.75) is 73.1 Å². The smallest absolute Gasteiger partial charge is 0.309 e. The molecule has 5 nitrogen and oxygen atoms in total. The number of aliphatic carboxylic acids is 1. The quantitative estimate of drug-likeness (QED) is 0.417. The van der Waals surface area contributed by atoms with Crippen LogP contribution < -0.4 is 4.90 Å². The summed E-state index contributed by atoms with van der Waals surface area (Å²) in [6, 6.07) is 7.72.